The Morgan fingerprint density at radius 2 is 1.53 bits per heavy atom. The van der Waals surface area contributed by atoms with Crippen LogP contribution >= 0.6 is 0 Å². The minimum absolute atomic E-state index is 0.163. The molecule has 0 aromatic heterocycles. The molecule has 2 aliphatic heterocycles. The summed E-state index contributed by atoms with van der Waals surface area (Å²) in [5.41, 5.74) is -2.03. The van der Waals surface area contributed by atoms with Crippen molar-refractivity contribution in [3.63, 3.8) is 0 Å². The molecule has 8 nitrogen and oxygen atoms in total. The topological polar surface area (TPSA) is 83.5 Å². The molecule has 0 saturated carbocycles. The van der Waals surface area contributed by atoms with Gasteiger partial charge in [0.05, 0.1) is 37.4 Å². The van der Waals surface area contributed by atoms with Crippen LogP contribution in [0.4, 0.5) is 0 Å². The maximum absolute atomic E-state index is 13.3. The number of rotatable bonds is 12. The summed E-state index contributed by atoms with van der Waals surface area (Å²) in [7, 11) is 0. The molecular formula is C30H57NO7. The fourth-order valence-corrected chi connectivity index (χ4v) is 5.27. The summed E-state index contributed by atoms with van der Waals surface area (Å²) in [5, 5.41) is 0. The molecule has 2 fully saturated rings. The van der Waals surface area contributed by atoms with Crippen molar-refractivity contribution in [3.05, 3.63) is 0 Å². The van der Waals surface area contributed by atoms with Gasteiger partial charge in [0.25, 0.3) is 5.97 Å². The SMILES string of the molecule is CC.CCC1OCC2(CO1)COC(CC)(OC(C)(C)CC(C)(C)N(C=O)C(=O)CC(C)(CC)C(C)C)OC2. The van der Waals surface area contributed by atoms with Crippen molar-refractivity contribution in [1.29, 1.82) is 0 Å². The molecular weight excluding hydrogens is 486 g/mol. The highest BCUT2D eigenvalue weighted by Gasteiger charge is 2.50. The highest BCUT2D eigenvalue weighted by Crippen LogP contribution is 2.41. The summed E-state index contributed by atoms with van der Waals surface area (Å²) >= 11 is 0. The maximum atomic E-state index is 13.3. The molecule has 0 aromatic rings. The predicted octanol–water partition coefficient (Wildman–Crippen LogP) is 6.30. The number of imide groups is 1. The fraction of sp³-hybridized carbons (Fsp3) is 0.933. The molecule has 2 amide bonds. The summed E-state index contributed by atoms with van der Waals surface area (Å²) < 4.78 is 30.5. The molecule has 0 radical (unpaired) electrons. The Kier molecular flexibility index (Phi) is 12.9. The lowest BCUT2D eigenvalue weighted by atomic mass is 9.73. The molecule has 224 valence electrons. The van der Waals surface area contributed by atoms with Gasteiger partial charge >= 0.3 is 0 Å². The standard InChI is InChI=1S/C28H51NO7.C2H6/c1-11-23-32-16-27(17-33-23)18-34-28(13-3,35-19-27)36-25(8,9)15-24(6,7)29(20-30)22(31)14-26(10,12-2)21(4)5;1-2/h20-21,23H,11-19H2,1-10H3;1-2H3. The molecule has 2 heterocycles. The Balaban J connectivity index is 0.00000352. The van der Waals surface area contributed by atoms with Crippen molar-refractivity contribution >= 4 is 12.3 Å². The Morgan fingerprint density at radius 3 is 1.92 bits per heavy atom. The summed E-state index contributed by atoms with van der Waals surface area (Å²) in [6, 6.07) is 0. The first kappa shape index (κ1) is 35.0. The summed E-state index contributed by atoms with van der Waals surface area (Å²) in [5.74, 6) is -1.05. The lowest BCUT2D eigenvalue weighted by Gasteiger charge is -2.50. The Hall–Kier alpha value is -1.06. The molecule has 0 bridgehead atoms. The largest absolute Gasteiger partial charge is 0.352 e. The van der Waals surface area contributed by atoms with Gasteiger partial charge in [-0.3, -0.25) is 14.5 Å². The van der Waals surface area contributed by atoms with Crippen molar-refractivity contribution in [2.45, 2.75) is 139 Å². The third-order valence-electron chi connectivity index (χ3n) is 8.19. The van der Waals surface area contributed by atoms with Gasteiger partial charge in [0.15, 0.2) is 6.29 Å². The van der Waals surface area contributed by atoms with Gasteiger partial charge in [-0.15, -0.1) is 0 Å². The van der Waals surface area contributed by atoms with E-state index in [2.05, 4.69) is 27.7 Å². The molecule has 1 spiro atoms. The second kappa shape index (κ2) is 14.0. The van der Waals surface area contributed by atoms with E-state index in [1.54, 1.807) is 0 Å². The van der Waals surface area contributed by atoms with Gasteiger partial charge in [-0.2, -0.15) is 0 Å². The summed E-state index contributed by atoms with van der Waals surface area (Å²) in [4.78, 5) is 26.8. The number of nitrogens with zero attached hydrogens (tertiary/aromatic N) is 1. The average Bonchev–Trinajstić information content (AvgIpc) is 2.86. The van der Waals surface area contributed by atoms with Crippen molar-refractivity contribution < 1.29 is 33.3 Å². The van der Waals surface area contributed by atoms with Crippen LogP contribution in [0.2, 0.25) is 0 Å². The predicted molar refractivity (Wildman–Crippen MR) is 149 cm³/mol. The van der Waals surface area contributed by atoms with E-state index >= 15 is 0 Å². The molecule has 1 atom stereocenters. The lowest BCUT2D eigenvalue weighted by Crippen LogP contribution is -2.59. The first-order valence-electron chi connectivity index (χ1n) is 14.6. The third-order valence-corrected chi connectivity index (χ3v) is 8.19. The van der Waals surface area contributed by atoms with Gasteiger partial charge < -0.3 is 23.7 Å². The van der Waals surface area contributed by atoms with Gasteiger partial charge in [-0.25, -0.2) is 0 Å². The molecule has 38 heavy (non-hydrogen) atoms. The second-order valence-electron chi connectivity index (χ2n) is 12.6. The molecule has 0 aliphatic carbocycles. The lowest BCUT2D eigenvalue weighted by molar-refractivity contribution is -0.453. The zero-order chi connectivity index (χ0) is 29.4. The zero-order valence-electron chi connectivity index (χ0n) is 26.4. The number of amides is 2. The highest BCUT2D eigenvalue weighted by molar-refractivity contribution is 5.87. The van der Waals surface area contributed by atoms with Gasteiger partial charge in [0, 0.05) is 18.4 Å². The smallest absolute Gasteiger partial charge is 0.283 e. The van der Waals surface area contributed by atoms with Gasteiger partial charge in [0.2, 0.25) is 12.3 Å². The van der Waals surface area contributed by atoms with Crippen LogP contribution < -0.4 is 0 Å². The van der Waals surface area contributed by atoms with E-state index in [9.17, 15) is 9.59 Å². The van der Waals surface area contributed by atoms with Gasteiger partial charge in [0.1, 0.15) is 0 Å². The van der Waals surface area contributed by atoms with Gasteiger partial charge in [-0.1, -0.05) is 55.4 Å². The Bertz CT molecular complexity index is 733. The molecule has 2 rings (SSSR count). The zero-order valence-corrected chi connectivity index (χ0v) is 26.4. The second-order valence-corrected chi connectivity index (χ2v) is 12.6. The average molecular weight is 544 g/mol. The van der Waals surface area contributed by atoms with E-state index in [0.29, 0.717) is 58.0 Å². The molecule has 2 saturated heterocycles. The first-order valence-corrected chi connectivity index (χ1v) is 14.6. The van der Waals surface area contributed by atoms with Crippen LogP contribution in [0.15, 0.2) is 0 Å². The molecule has 0 N–H and O–H groups in total. The van der Waals surface area contributed by atoms with Crippen LogP contribution in [0, 0.1) is 16.7 Å². The number of carbonyl (C=O) groups excluding carboxylic acids is 2. The van der Waals surface area contributed by atoms with Crippen LogP contribution in [0.1, 0.15) is 115 Å². The number of hydrogen-bond acceptors (Lipinski definition) is 7. The quantitative estimate of drug-likeness (QED) is 0.267. The molecule has 8 heteroatoms. The minimum atomic E-state index is -1.21. The highest BCUT2D eigenvalue weighted by atomic mass is 16.9. The van der Waals surface area contributed by atoms with E-state index in [-0.39, 0.29) is 23.0 Å². The van der Waals surface area contributed by atoms with E-state index in [1.165, 1.54) is 4.90 Å². The van der Waals surface area contributed by atoms with E-state index in [4.69, 9.17) is 23.7 Å². The minimum Gasteiger partial charge on any atom is -0.352 e. The van der Waals surface area contributed by atoms with Crippen LogP contribution in [-0.4, -0.2) is 67.0 Å². The number of carbonyl (C=O) groups is 2. The van der Waals surface area contributed by atoms with Crippen molar-refractivity contribution in [1.82, 2.24) is 4.90 Å². The Labute approximate surface area is 232 Å². The normalized spacial score (nSPS) is 27.9. The first-order chi connectivity index (χ1) is 17.6. The summed E-state index contributed by atoms with van der Waals surface area (Å²) in [6.07, 6.45) is 3.38. The number of ether oxygens (including phenoxy) is 5. The maximum Gasteiger partial charge on any atom is 0.283 e. The van der Waals surface area contributed by atoms with Crippen molar-refractivity contribution in [3.8, 4) is 0 Å². The van der Waals surface area contributed by atoms with Crippen LogP contribution in [0.25, 0.3) is 0 Å². The van der Waals surface area contributed by atoms with Crippen molar-refractivity contribution in [2.24, 2.45) is 16.7 Å². The number of hydrogen-bond donors (Lipinski definition) is 0. The summed E-state index contributed by atoms with van der Waals surface area (Å²) in [6.45, 7) is 26.0. The molecule has 0 aromatic carbocycles. The molecule has 2 aliphatic rings. The van der Waals surface area contributed by atoms with E-state index in [0.717, 1.165) is 12.8 Å². The van der Waals surface area contributed by atoms with Crippen LogP contribution in [0.3, 0.4) is 0 Å². The third kappa shape index (κ3) is 8.72. The van der Waals surface area contributed by atoms with Crippen LogP contribution in [0.5, 0.6) is 0 Å². The van der Waals surface area contributed by atoms with Gasteiger partial charge in [-0.05, 0) is 58.3 Å². The van der Waals surface area contributed by atoms with E-state index in [1.807, 2.05) is 55.4 Å². The molecule has 1 unspecified atom stereocenters. The monoisotopic (exact) mass is 543 g/mol. The van der Waals surface area contributed by atoms with E-state index < -0.39 is 17.1 Å². The van der Waals surface area contributed by atoms with Crippen molar-refractivity contribution in [2.75, 3.05) is 26.4 Å². The fourth-order valence-electron chi connectivity index (χ4n) is 5.27. The van der Waals surface area contributed by atoms with Crippen LogP contribution in [-0.2, 0) is 33.3 Å². The Morgan fingerprint density at radius 1 is 1.00 bits per heavy atom.